The highest BCUT2D eigenvalue weighted by Crippen LogP contribution is 2.28. The molecule has 118 valence electrons. The van der Waals surface area contributed by atoms with E-state index < -0.39 is 0 Å². The minimum Gasteiger partial charge on any atom is -0.392 e. The maximum atomic E-state index is 10.0. The fourth-order valence-corrected chi connectivity index (χ4v) is 4.05. The Morgan fingerprint density at radius 2 is 2.00 bits per heavy atom. The second-order valence-electron chi connectivity index (χ2n) is 6.97. The van der Waals surface area contributed by atoms with Crippen molar-refractivity contribution < 1.29 is 5.11 Å². The van der Waals surface area contributed by atoms with Gasteiger partial charge < -0.3 is 15.3 Å². The molecule has 1 aliphatic heterocycles. The number of hydrogen-bond donors (Lipinski definition) is 2. The van der Waals surface area contributed by atoms with Crippen LogP contribution in [0, 0.1) is 5.92 Å². The van der Waals surface area contributed by atoms with Gasteiger partial charge in [-0.15, -0.1) is 0 Å². The maximum absolute atomic E-state index is 10.0. The van der Waals surface area contributed by atoms with E-state index in [-0.39, 0.29) is 6.10 Å². The Morgan fingerprint density at radius 1 is 1.25 bits per heavy atom. The third-order valence-electron chi connectivity index (χ3n) is 4.93. The highest BCUT2D eigenvalue weighted by atomic mass is 16.3. The normalized spacial score (nSPS) is 35.9. The second kappa shape index (κ2) is 7.74. The van der Waals surface area contributed by atoms with Crippen molar-refractivity contribution in [3.63, 3.8) is 0 Å². The zero-order valence-electron chi connectivity index (χ0n) is 13.5. The monoisotopic (exact) mass is 283 g/mol. The molecular formula is C16H33N3O. The Labute approximate surface area is 124 Å². The Kier molecular flexibility index (Phi) is 6.27. The van der Waals surface area contributed by atoms with E-state index in [4.69, 9.17) is 0 Å². The third kappa shape index (κ3) is 4.42. The summed E-state index contributed by atoms with van der Waals surface area (Å²) < 4.78 is 0. The van der Waals surface area contributed by atoms with Crippen LogP contribution in [0.25, 0.3) is 0 Å². The van der Waals surface area contributed by atoms with Gasteiger partial charge in [0, 0.05) is 31.7 Å². The minimum atomic E-state index is -0.124. The first kappa shape index (κ1) is 16.2. The average Bonchev–Trinajstić information content (AvgIpc) is 2.71. The molecule has 0 aromatic carbocycles. The number of aliphatic hydroxyl groups is 1. The number of likely N-dealkylation sites (tertiary alicyclic amines) is 1. The summed E-state index contributed by atoms with van der Waals surface area (Å²) in [4.78, 5) is 4.79. The standard InChI is InChI=1S/C16H33N3O/c1-4-17-16-8-6-5-7-13(16)10-19-12-15(20)9-14(19)11-18(2)3/h13-17,20H,4-12H2,1-3H3. The summed E-state index contributed by atoms with van der Waals surface area (Å²) in [6, 6.07) is 1.22. The number of likely N-dealkylation sites (N-methyl/N-ethyl adjacent to an activating group) is 1. The van der Waals surface area contributed by atoms with Gasteiger partial charge in [-0.05, 0) is 45.8 Å². The molecule has 0 aromatic rings. The van der Waals surface area contributed by atoms with Gasteiger partial charge in [-0.1, -0.05) is 19.8 Å². The Hall–Kier alpha value is -0.160. The second-order valence-corrected chi connectivity index (χ2v) is 6.97. The van der Waals surface area contributed by atoms with Crippen LogP contribution in [0.5, 0.6) is 0 Å². The molecule has 2 rings (SSSR count). The van der Waals surface area contributed by atoms with Crippen molar-refractivity contribution in [3.05, 3.63) is 0 Å². The molecule has 20 heavy (non-hydrogen) atoms. The summed E-state index contributed by atoms with van der Waals surface area (Å²) in [5.74, 6) is 0.763. The highest BCUT2D eigenvalue weighted by molar-refractivity contribution is 4.90. The van der Waals surface area contributed by atoms with Gasteiger partial charge in [0.15, 0.2) is 0 Å². The smallest absolute Gasteiger partial charge is 0.0682 e. The highest BCUT2D eigenvalue weighted by Gasteiger charge is 2.34. The zero-order valence-corrected chi connectivity index (χ0v) is 13.5. The fraction of sp³-hybridized carbons (Fsp3) is 1.00. The van der Waals surface area contributed by atoms with Crippen molar-refractivity contribution in [2.24, 2.45) is 5.92 Å². The van der Waals surface area contributed by atoms with Gasteiger partial charge in [0.1, 0.15) is 0 Å². The van der Waals surface area contributed by atoms with Crippen LogP contribution in [0.4, 0.5) is 0 Å². The van der Waals surface area contributed by atoms with E-state index in [9.17, 15) is 5.11 Å². The number of hydrogen-bond acceptors (Lipinski definition) is 4. The number of rotatable bonds is 6. The molecule has 0 amide bonds. The summed E-state index contributed by atoms with van der Waals surface area (Å²) >= 11 is 0. The summed E-state index contributed by atoms with van der Waals surface area (Å²) in [5, 5.41) is 13.7. The summed E-state index contributed by atoms with van der Waals surface area (Å²) in [5.41, 5.74) is 0. The van der Waals surface area contributed by atoms with Gasteiger partial charge in [-0.3, -0.25) is 4.90 Å². The summed E-state index contributed by atoms with van der Waals surface area (Å²) in [6.07, 6.45) is 6.24. The molecule has 1 saturated carbocycles. The molecule has 1 heterocycles. The van der Waals surface area contributed by atoms with E-state index >= 15 is 0 Å². The summed E-state index contributed by atoms with van der Waals surface area (Å²) in [6.45, 7) is 6.38. The van der Waals surface area contributed by atoms with Crippen LogP contribution in [0.3, 0.4) is 0 Å². The summed E-state index contributed by atoms with van der Waals surface area (Å²) in [7, 11) is 4.26. The van der Waals surface area contributed by atoms with Crippen LogP contribution < -0.4 is 5.32 Å². The van der Waals surface area contributed by atoms with Gasteiger partial charge in [-0.25, -0.2) is 0 Å². The molecule has 4 nitrogen and oxygen atoms in total. The van der Waals surface area contributed by atoms with E-state index in [2.05, 4.69) is 36.1 Å². The lowest BCUT2D eigenvalue weighted by Gasteiger charge is -2.37. The van der Waals surface area contributed by atoms with E-state index in [0.29, 0.717) is 12.1 Å². The van der Waals surface area contributed by atoms with E-state index in [1.165, 1.54) is 25.7 Å². The molecule has 0 bridgehead atoms. The molecule has 4 atom stereocenters. The van der Waals surface area contributed by atoms with Crippen LogP contribution in [0.2, 0.25) is 0 Å². The van der Waals surface area contributed by atoms with Crippen LogP contribution in [0.15, 0.2) is 0 Å². The predicted molar refractivity (Wildman–Crippen MR) is 84.0 cm³/mol. The van der Waals surface area contributed by atoms with Crippen molar-refractivity contribution >= 4 is 0 Å². The topological polar surface area (TPSA) is 38.7 Å². The molecule has 0 aromatic heterocycles. The molecule has 1 aliphatic carbocycles. The lowest BCUT2D eigenvalue weighted by atomic mass is 9.84. The van der Waals surface area contributed by atoms with Crippen molar-refractivity contribution in [2.75, 3.05) is 40.3 Å². The predicted octanol–water partition coefficient (Wildman–Crippen LogP) is 1.15. The van der Waals surface area contributed by atoms with Crippen molar-refractivity contribution in [3.8, 4) is 0 Å². The fourth-order valence-electron chi connectivity index (χ4n) is 4.05. The first-order valence-corrected chi connectivity index (χ1v) is 8.40. The molecular weight excluding hydrogens is 250 g/mol. The lowest BCUT2D eigenvalue weighted by Crippen LogP contribution is -2.47. The molecule has 2 fully saturated rings. The van der Waals surface area contributed by atoms with E-state index in [0.717, 1.165) is 38.5 Å². The largest absolute Gasteiger partial charge is 0.392 e. The van der Waals surface area contributed by atoms with Crippen LogP contribution in [-0.2, 0) is 0 Å². The first-order chi connectivity index (χ1) is 9.60. The number of nitrogens with zero attached hydrogens (tertiary/aromatic N) is 2. The Balaban J connectivity index is 1.91. The molecule has 0 spiro atoms. The number of β-amino-alcohol motifs (C(OH)–C–C–N with tert-alkyl or cyclic N) is 1. The van der Waals surface area contributed by atoms with Crippen LogP contribution in [0.1, 0.15) is 39.0 Å². The van der Waals surface area contributed by atoms with Crippen molar-refractivity contribution in [1.82, 2.24) is 15.1 Å². The first-order valence-electron chi connectivity index (χ1n) is 8.40. The number of nitrogens with one attached hydrogen (secondary N) is 1. The molecule has 4 heteroatoms. The molecule has 1 saturated heterocycles. The van der Waals surface area contributed by atoms with Gasteiger partial charge in [-0.2, -0.15) is 0 Å². The average molecular weight is 283 g/mol. The van der Waals surface area contributed by atoms with Gasteiger partial charge >= 0.3 is 0 Å². The van der Waals surface area contributed by atoms with Crippen LogP contribution in [-0.4, -0.2) is 73.4 Å². The lowest BCUT2D eigenvalue weighted by molar-refractivity contribution is 0.131. The molecule has 0 radical (unpaired) electrons. The van der Waals surface area contributed by atoms with E-state index in [1.807, 2.05) is 0 Å². The van der Waals surface area contributed by atoms with Crippen molar-refractivity contribution in [1.29, 1.82) is 0 Å². The minimum absolute atomic E-state index is 0.124. The van der Waals surface area contributed by atoms with Crippen molar-refractivity contribution in [2.45, 2.75) is 57.2 Å². The van der Waals surface area contributed by atoms with Gasteiger partial charge in [0.25, 0.3) is 0 Å². The Morgan fingerprint density at radius 3 is 2.70 bits per heavy atom. The van der Waals surface area contributed by atoms with Gasteiger partial charge in [0.2, 0.25) is 0 Å². The zero-order chi connectivity index (χ0) is 14.5. The maximum Gasteiger partial charge on any atom is 0.0682 e. The van der Waals surface area contributed by atoms with E-state index in [1.54, 1.807) is 0 Å². The SMILES string of the molecule is CCNC1CCCCC1CN1CC(O)CC1CN(C)C. The molecule has 2 aliphatic rings. The quantitative estimate of drug-likeness (QED) is 0.767. The Bertz CT molecular complexity index is 283. The number of aliphatic hydroxyl groups excluding tert-OH is 1. The third-order valence-corrected chi connectivity index (χ3v) is 4.93. The van der Waals surface area contributed by atoms with Gasteiger partial charge in [0.05, 0.1) is 6.10 Å². The van der Waals surface area contributed by atoms with Crippen LogP contribution >= 0.6 is 0 Å². The molecule has 2 N–H and O–H groups in total. The molecule has 4 unspecified atom stereocenters.